The second kappa shape index (κ2) is 6.67. The van der Waals surface area contributed by atoms with E-state index in [1.807, 2.05) is 0 Å². The van der Waals surface area contributed by atoms with Crippen molar-refractivity contribution < 1.29 is 63.0 Å². The van der Waals surface area contributed by atoms with Crippen molar-refractivity contribution in [1.29, 1.82) is 0 Å². The van der Waals surface area contributed by atoms with Crippen LogP contribution in [0.15, 0.2) is 0 Å². The van der Waals surface area contributed by atoms with Crippen LogP contribution in [0.2, 0.25) is 0 Å². The third-order valence-corrected chi connectivity index (χ3v) is 2.51. The van der Waals surface area contributed by atoms with Crippen LogP contribution in [0.5, 0.6) is 0 Å². The quantitative estimate of drug-likeness (QED) is 0.624. The van der Waals surface area contributed by atoms with Crippen LogP contribution in [-0.4, -0.2) is 29.4 Å². The van der Waals surface area contributed by atoms with Gasteiger partial charge in [-0.1, -0.05) is 6.42 Å². The van der Waals surface area contributed by atoms with Crippen molar-refractivity contribution in [3.05, 3.63) is 5.73 Å². The zero-order valence-corrected chi connectivity index (χ0v) is 13.8. The second-order valence-electron chi connectivity index (χ2n) is 3.71. The van der Waals surface area contributed by atoms with E-state index in [1.165, 1.54) is 6.42 Å². The number of likely N-dealkylation sites (tertiary alicyclic amines) is 1. The Balaban J connectivity index is 0.00000144. The van der Waals surface area contributed by atoms with Crippen LogP contribution >= 0.6 is 0 Å². The van der Waals surface area contributed by atoms with Gasteiger partial charge < -0.3 is 10.5 Å². The molecule has 13 heavy (non-hydrogen) atoms. The Bertz CT molecular complexity index is 173. The summed E-state index contributed by atoms with van der Waals surface area (Å²) in [7, 11) is 0. The molecule has 4 heteroatoms. The molecule has 0 aliphatic carbocycles. The number of piperidine rings is 1. The van der Waals surface area contributed by atoms with Gasteiger partial charge in [0.25, 0.3) is 0 Å². The number of carbonyl (C=O) groups is 1. The molecule has 0 aromatic carbocycles. The Morgan fingerprint density at radius 2 is 2.08 bits per heavy atom. The molecule has 0 radical (unpaired) electrons. The molecule has 1 N–H and O–H groups in total. The molecule has 0 saturated carbocycles. The summed E-state index contributed by atoms with van der Waals surface area (Å²) in [5, 5.41) is 0. The van der Waals surface area contributed by atoms with E-state index in [-0.39, 0.29) is 64.2 Å². The van der Waals surface area contributed by atoms with E-state index < -0.39 is 5.91 Å². The first-order chi connectivity index (χ1) is 5.63. The molecule has 1 aliphatic rings. The van der Waals surface area contributed by atoms with Crippen molar-refractivity contribution >= 4 is 5.91 Å². The van der Waals surface area contributed by atoms with Gasteiger partial charge in [-0.3, -0.25) is 4.90 Å². The Morgan fingerprint density at radius 1 is 1.46 bits per heavy atom. The van der Waals surface area contributed by atoms with Gasteiger partial charge in [-0.2, -0.15) is 0 Å². The monoisotopic (exact) mass is 254 g/mol. The van der Waals surface area contributed by atoms with Gasteiger partial charge in [0.2, 0.25) is 0 Å². The molecule has 0 spiro atoms. The van der Waals surface area contributed by atoms with E-state index in [4.69, 9.17) is 5.73 Å². The normalized spacial score (nSPS) is 24.1. The van der Waals surface area contributed by atoms with Crippen molar-refractivity contribution in [2.45, 2.75) is 45.2 Å². The number of nitrogens with one attached hydrogen (secondary N) is 1. The van der Waals surface area contributed by atoms with Gasteiger partial charge in [0.05, 0.1) is 11.9 Å². The van der Waals surface area contributed by atoms with Crippen LogP contribution in [0, 0.1) is 0 Å². The number of hydrogen-bond donors (Lipinski definition) is 0. The van der Waals surface area contributed by atoms with E-state index >= 15 is 0 Å². The summed E-state index contributed by atoms with van der Waals surface area (Å²) in [6.07, 6.45) is 3.14. The van der Waals surface area contributed by atoms with Gasteiger partial charge in [-0.25, -0.2) is 0 Å². The van der Waals surface area contributed by atoms with Crippen LogP contribution in [0.25, 0.3) is 5.73 Å². The van der Waals surface area contributed by atoms with Crippen molar-refractivity contribution in [2.75, 3.05) is 6.54 Å². The van der Waals surface area contributed by atoms with E-state index in [9.17, 15) is 4.79 Å². The minimum Gasteiger partial charge on any atom is -0.666 e. The maximum Gasteiger partial charge on any atom is 1.00 e. The molecule has 0 aromatic rings. The fraction of sp³-hybridized carbons (Fsp3) is 0.889. The standard InChI is InChI=1S/C9H18N2O.Rb/c1-7(2)11-6-4-3-5-8(11)9(10)12;/h7-8H,3-6H2,1-2H3,(H2,10,12);/q;+1/p-1. The molecule has 70 valence electrons. The first-order valence-electron chi connectivity index (χ1n) is 4.64. The Labute approximate surface area is 129 Å². The first kappa shape index (κ1) is 14.2. The summed E-state index contributed by atoms with van der Waals surface area (Å²) in [6, 6.07) is 0.267. The fourth-order valence-corrected chi connectivity index (χ4v) is 1.85. The zero-order chi connectivity index (χ0) is 9.14. The molecule has 1 saturated heterocycles. The zero-order valence-electron chi connectivity index (χ0n) is 8.84. The van der Waals surface area contributed by atoms with Crippen LogP contribution in [0.4, 0.5) is 0 Å². The van der Waals surface area contributed by atoms with Crippen molar-refractivity contribution in [2.24, 2.45) is 0 Å². The number of rotatable bonds is 2. The molecule has 0 bridgehead atoms. The average molecular weight is 255 g/mol. The maximum absolute atomic E-state index is 10.9. The SMILES string of the molecule is CC(C)N1CCCCC1C([NH-])=O.[Rb+]. The molecule has 1 fully saturated rings. The number of amides is 1. The van der Waals surface area contributed by atoms with Gasteiger partial charge >= 0.3 is 58.2 Å². The maximum atomic E-state index is 10.9. The predicted molar refractivity (Wildman–Crippen MR) is 48.8 cm³/mol. The van der Waals surface area contributed by atoms with Crippen molar-refractivity contribution in [3.63, 3.8) is 0 Å². The van der Waals surface area contributed by atoms with Crippen molar-refractivity contribution in [3.8, 4) is 0 Å². The predicted octanol–water partition coefficient (Wildman–Crippen LogP) is -1.17. The van der Waals surface area contributed by atoms with Gasteiger partial charge in [0.1, 0.15) is 0 Å². The molecule has 1 heterocycles. The molecule has 1 amide bonds. The fourth-order valence-electron chi connectivity index (χ4n) is 1.85. The third-order valence-electron chi connectivity index (χ3n) is 2.51. The summed E-state index contributed by atoms with van der Waals surface area (Å²) in [4.78, 5) is 13.1. The smallest absolute Gasteiger partial charge is 0.666 e. The number of hydrogen-bond acceptors (Lipinski definition) is 2. The van der Waals surface area contributed by atoms with E-state index in [0.717, 1.165) is 19.4 Å². The van der Waals surface area contributed by atoms with E-state index in [2.05, 4.69) is 18.7 Å². The largest absolute Gasteiger partial charge is 1.00 e. The minimum absolute atomic E-state index is 0. The van der Waals surface area contributed by atoms with Gasteiger partial charge in [0, 0.05) is 6.04 Å². The third kappa shape index (κ3) is 4.08. The number of carbonyl (C=O) groups excluding carboxylic acids is 1. The molecular formula is C9H17N2ORb. The van der Waals surface area contributed by atoms with Crippen LogP contribution in [-0.2, 0) is 4.79 Å². The summed E-state index contributed by atoms with van der Waals surface area (Å²) in [6.45, 7) is 5.15. The van der Waals surface area contributed by atoms with Gasteiger partial charge in [0.15, 0.2) is 0 Å². The van der Waals surface area contributed by atoms with Gasteiger partial charge in [-0.05, 0) is 33.2 Å². The van der Waals surface area contributed by atoms with Gasteiger partial charge in [-0.15, -0.1) is 0 Å². The molecule has 1 rings (SSSR count). The molecule has 1 unspecified atom stereocenters. The summed E-state index contributed by atoms with van der Waals surface area (Å²) in [5.41, 5.74) is 7.12. The molecule has 1 aliphatic heterocycles. The molecule has 0 aromatic heterocycles. The Morgan fingerprint density at radius 3 is 2.46 bits per heavy atom. The second-order valence-corrected chi connectivity index (χ2v) is 3.71. The van der Waals surface area contributed by atoms with Crippen LogP contribution < -0.4 is 58.2 Å². The average Bonchev–Trinajstić information content (AvgIpc) is 2.04. The summed E-state index contributed by atoms with van der Waals surface area (Å²) >= 11 is 0. The molecule has 1 atom stereocenters. The first-order valence-corrected chi connectivity index (χ1v) is 4.64. The van der Waals surface area contributed by atoms with Crippen LogP contribution in [0.1, 0.15) is 33.1 Å². The van der Waals surface area contributed by atoms with E-state index in [0.29, 0.717) is 6.04 Å². The van der Waals surface area contributed by atoms with Crippen LogP contribution in [0.3, 0.4) is 0 Å². The Kier molecular flexibility index (Phi) is 7.30. The topological polar surface area (TPSA) is 44.1 Å². The Hall–Kier alpha value is 1.24. The molecular weight excluding hydrogens is 238 g/mol. The summed E-state index contributed by atoms with van der Waals surface area (Å²) < 4.78 is 0. The van der Waals surface area contributed by atoms with E-state index in [1.54, 1.807) is 0 Å². The van der Waals surface area contributed by atoms with Crippen molar-refractivity contribution in [1.82, 2.24) is 4.90 Å². The minimum atomic E-state index is -0.414. The summed E-state index contributed by atoms with van der Waals surface area (Å²) in [5.74, 6) is -0.414. The number of nitrogens with zero attached hydrogens (tertiary/aromatic N) is 1. The molecule has 3 nitrogen and oxygen atoms in total.